The van der Waals surface area contributed by atoms with Crippen molar-refractivity contribution in [3.05, 3.63) is 12.2 Å². The standard InChI is InChI=1S/C14H23FO4P2/c1-12(2)13(16)19-11-9-7-5-3-4-6-8-10-14(15,20-17)21-18/h1,3-11H2,2H3. The summed E-state index contributed by atoms with van der Waals surface area (Å²) in [6, 6.07) is 0. The lowest BCUT2D eigenvalue weighted by molar-refractivity contribution is -0.139. The van der Waals surface area contributed by atoms with E-state index >= 15 is 0 Å². The molecule has 0 rings (SSSR count). The maximum absolute atomic E-state index is 13.4. The van der Waals surface area contributed by atoms with Crippen molar-refractivity contribution >= 4 is 22.9 Å². The molecule has 0 bridgehead atoms. The summed E-state index contributed by atoms with van der Waals surface area (Å²) in [7, 11) is -1.41. The molecule has 0 atom stereocenters. The molecule has 0 radical (unpaired) electrons. The molecule has 0 aromatic heterocycles. The number of unbranched alkanes of at least 4 members (excludes halogenated alkanes) is 6. The molecule has 0 aromatic carbocycles. The fourth-order valence-electron chi connectivity index (χ4n) is 1.73. The smallest absolute Gasteiger partial charge is 0.333 e. The van der Waals surface area contributed by atoms with Crippen LogP contribution in [0.15, 0.2) is 12.2 Å². The van der Waals surface area contributed by atoms with Gasteiger partial charge in [0.05, 0.1) is 6.61 Å². The second-order valence-corrected chi connectivity index (χ2v) is 7.18. The molecule has 120 valence electrons. The number of rotatable bonds is 13. The van der Waals surface area contributed by atoms with E-state index in [-0.39, 0.29) is 12.4 Å². The molecule has 7 heteroatoms. The van der Waals surface area contributed by atoms with Gasteiger partial charge in [-0.1, -0.05) is 38.7 Å². The topological polar surface area (TPSA) is 60.4 Å². The normalized spacial score (nSPS) is 14.0. The Labute approximate surface area is 128 Å². The molecule has 0 saturated heterocycles. The number of carbonyl (C=O) groups is 1. The van der Waals surface area contributed by atoms with Gasteiger partial charge >= 0.3 is 5.97 Å². The van der Waals surface area contributed by atoms with Gasteiger partial charge in [0.15, 0.2) is 0 Å². The van der Waals surface area contributed by atoms with Crippen molar-refractivity contribution in [2.45, 2.75) is 63.4 Å². The molecule has 0 saturated carbocycles. The lowest BCUT2D eigenvalue weighted by atomic mass is 10.1. The van der Waals surface area contributed by atoms with E-state index in [2.05, 4.69) is 6.58 Å². The number of hydrogen-bond acceptors (Lipinski definition) is 4. The van der Waals surface area contributed by atoms with E-state index in [1.54, 1.807) is 6.92 Å². The number of ether oxygens (including phenoxy) is 1. The van der Waals surface area contributed by atoms with E-state index in [0.717, 1.165) is 38.5 Å². The van der Waals surface area contributed by atoms with Gasteiger partial charge in [0.2, 0.25) is 16.9 Å². The number of esters is 1. The van der Waals surface area contributed by atoms with Crippen molar-refractivity contribution in [2.75, 3.05) is 6.61 Å². The molecule has 21 heavy (non-hydrogen) atoms. The lowest BCUT2D eigenvalue weighted by Gasteiger charge is -2.08. The van der Waals surface area contributed by atoms with Crippen LogP contribution in [0.5, 0.6) is 0 Å². The van der Waals surface area contributed by atoms with Gasteiger partial charge in [-0.15, -0.1) is 0 Å². The highest BCUT2D eigenvalue weighted by Crippen LogP contribution is 2.40. The van der Waals surface area contributed by atoms with Gasteiger partial charge in [-0.05, 0) is 19.8 Å². The first kappa shape index (κ1) is 20.3. The van der Waals surface area contributed by atoms with Crippen LogP contribution in [0.4, 0.5) is 4.39 Å². The van der Waals surface area contributed by atoms with E-state index in [1.807, 2.05) is 0 Å². The number of carbonyl (C=O) groups excluding carboxylic acids is 1. The average Bonchev–Trinajstić information content (AvgIpc) is 2.48. The Bertz CT molecular complexity index is 353. The molecule has 0 fully saturated rings. The van der Waals surface area contributed by atoms with Crippen LogP contribution in [0.3, 0.4) is 0 Å². The molecular formula is C14H23FO4P2. The molecule has 0 amide bonds. The number of alkyl halides is 1. The highest BCUT2D eigenvalue weighted by atomic mass is 31.1. The SMILES string of the molecule is C=C(C)C(=O)OCCCCCCCCCC(F)(P=O)P=O. The van der Waals surface area contributed by atoms with Crippen LogP contribution in [0, 0.1) is 0 Å². The van der Waals surface area contributed by atoms with Gasteiger partial charge < -0.3 is 4.74 Å². The van der Waals surface area contributed by atoms with Gasteiger partial charge in [0.1, 0.15) is 0 Å². The van der Waals surface area contributed by atoms with E-state index in [4.69, 9.17) is 4.74 Å². The van der Waals surface area contributed by atoms with Gasteiger partial charge in [-0.25, -0.2) is 9.18 Å². The zero-order valence-corrected chi connectivity index (χ0v) is 14.3. The second-order valence-electron chi connectivity index (χ2n) is 5.04. The lowest BCUT2D eigenvalue weighted by Crippen LogP contribution is -2.06. The highest BCUT2D eigenvalue weighted by Gasteiger charge is 2.30. The maximum atomic E-state index is 13.4. The molecule has 0 spiro atoms. The van der Waals surface area contributed by atoms with Crippen molar-refractivity contribution in [3.8, 4) is 0 Å². The van der Waals surface area contributed by atoms with Crippen LogP contribution in [0.2, 0.25) is 0 Å². The maximum Gasteiger partial charge on any atom is 0.333 e. The summed E-state index contributed by atoms with van der Waals surface area (Å²) in [5, 5.41) is -2.10. The second kappa shape index (κ2) is 11.9. The predicted molar refractivity (Wildman–Crippen MR) is 81.8 cm³/mol. The molecule has 0 unspecified atom stereocenters. The van der Waals surface area contributed by atoms with E-state index in [0.29, 0.717) is 18.6 Å². The predicted octanol–water partition coefficient (Wildman–Crippen LogP) is 5.43. The molecule has 0 aromatic rings. The van der Waals surface area contributed by atoms with Crippen molar-refractivity contribution < 1.29 is 23.1 Å². The highest BCUT2D eigenvalue weighted by molar-refractivity contribution is 7.45. The minimum absolute atomic E-state index is 0.0555. The van der Waals surface area contributed by atoms with E-state index in [9.17, 15) is 18.3 Å². The van der Waals surface area contributed by atoms with Crippen molar-refractivity contribution in [2.24, 2.45) is 0 Å². The fourth-order valence-corrected chi connectivity index (χ4v) is 2.36. The molecule has 0 heterocycles. The number of halogens is 1. The third-order valence-electron chi connectivity index (χ3n) is 3.00. The summed E-state index contributed by atoms with van der Waals surface area (Å²) >= 11 is 0. The quantitative estimate of drug-likeness (QED) is 0.195. The zero-order valence-electron chi connectivity index (χ0n) is 12.5. The molecule has 0 aliphatic rings. The van der Waals surface area contributed by atoms with Gasteiger partial charge in [-0.3, -0.25) is 9.13 Å². The fraction of sp³-hybridized carbons (Fsp3) is 0.786. The first-order chi connectivity index (χ1) is 9.95. The van der Waals surface area contributed by atoms with Crippen LogP contribution < -0.4 is 0 Å². The van der Waals surface area contributed by atoms with Crippen LogP contribution >= 0.6 is 16.9 Å². The minimum Gasteiger partial charge on any atom is -0.462 e. The average molecular weight is 336 g/mol. The van der Waals surface area contributed by atoms with E-state index < -0.39 is 22.1 Å². The molecule has 4 nitrogen and oxygen atoms in total. The Hall–Kier alpha value is -0.660. The Kier molecular flexibility index (Phi) is 11.6. The molecule has 0 N–H and O–H groups in total. The van der Waals surface area contributed by atoms with Crippen LogP contribution in [-0.4, -0.2) is 17.7 Å². The summed E-state index contributed by atoms with van der Waals surface area (Å²) < 4.78 is 39.3. The van der Waals surface area contributed by atoms with Crippen molar-refractivity contribution in [1.29, 1.82) is 0 Å². The van der Waals surface area contributed by atoms with Crippen LogP contribution in [0.25, 0.3) is 0 Å². The molecular weight excluding hydrogens is 313 g/mol. The van der Waals surface area contributed by atoms with Crippen LogP contribution in [0.1, 0.15) is 58.3 Å². The Morgan fingerprint density at radius 3 is 2.00 bits per heavy atom. The third-order valence-corrected chi connectivity index (χ3v) is 4.50. The minimum atomic E-state index is -2.10. The van der Waals surface area contributed by atoms with Gasteiger partial charge in [0, 0.05) is 12.0 Å². The first-order valence-electron chi connectivity index (χ1n) is 7.16. The third kappa shape index (κ3) is 10.7. The van der Waals surface area contributed by atoms with Crippen molar-refractivity contribution in [1.82, 2.24) is 0 Å². The Morgan fingerprint density at radius 1 is 1.05 bits per heavy atom. The summed E-state index contributed by atoms with van der Waals surface area (Å²) in [6.45, 7) is 5.54. The van der Waals surface area contributed by atoms with Gasteiger partial charge in [-0.2, -0.15) is 0 Å². The van der Waals surface area contributed by atoms with Gasteiger partial charge in [0.25, 0.3) is 5.15 Å². The number of hydrogen-bond donors (Lipinski definition) is 0. The molecule has 0 aliphatic carbocycles. The summed E-state index contributed by atoms with van der Waals surface area (Å²) in [4.78, 5) is 11.1. The summed E-state index contributed by atoms with van der Waals surface area (Å²) in [5.74, 6) is -0.347. The van der Waals surface area contributed by atoms with E-state index in [1.165, 1.54) is 0 Å². The monoisotopic (exact) mass is 336 g/mol. The largest absolute Gasteiger partial charge is 0.462 e. The summed E-state index contributed by atoms with van der Waals surface area (Å²) in [6.07, 6.45) is 6.31. The van der Waals surface area contributed by atoms with Crippen LogP contribution in [-0.2, 0) is 18.7 Å². The molecule has 0 aliphatic heterocycles. The summed E-state index contributed by atoms with van der Waals surface area (Å²) in [5.41, 5.74) is 0.411. The zero-order chi connectivity index (χ0) is 16.1. The van der Waals surface area contributed by atoms with Crippen molar-refractivity contribution in [3.63, 3.8) is 0 Å². The Balaban J connectivity index is 3.38. The Morgan fingerprint density at radius 2 is 1.52 bits per heavy atom. The first-order valence-corrected chi connectivity index (χ1v) is 8.78.